The summed E-state index contributed by atoms with van der Waals surface area (Å²) >= 11 is 0. The van der Waals surface area contributed by atoms with Crippen LogP contribution in [0.4, 0.5) is 0 Å². The molecule has 0 nitrogen and oxygen atoms in total. The number of hydrogen-bond donors (Lipinski definition) is 0. The summed E-state index contributed by atoms with van der Waals surface area (Å²) in [7, 11) is 0. The molecule has 0 atom stereocenters. The molecule has 1 heteroatoms. The van der Waals surface area contributed by atoms with Gasteiger partial charge in [-0.1, -0.05) is 0 Å². The zero-order valence-corrected chi connectivity index (χ0v) is 10.7. The Balaban J connectivity index is -0.0000000104. The fourth-order valence-corrected chi connectivity index (χ4v) is 0.340. The van der Waals surface area contributed by atoms with Crippen molar-refractivity contribution in [3.05, 3.63) is 61.4 Å². The predicted octanol–water partition coefficient (Wildman–Crippen LogP) is 3.55. The number of allylic oxidation sites excluding steroid dienone is 4. The van der Waals surface area contributed by atoms with Gasteiger partial charge in [-0.2, -0.15) is 6.08 Å². The smallest absolute Gasteiger partial charge is 0 e. The third-order valence-electron chi connectivity index (χ3n) is 0.586. The fraction of sp³-hybridized carbons (Fsp3) is 0.100. The molecule has 0 bridgehead atoms. The first-order chi connectivity index (χ1) is 2.50. The second-order valence-electron chi connectivity index (χ2n) is 1.00. The van der Waals surface area contributed by atoms with Gasteiger partial charge in [0.2, 0.25) is 0 Å². The predicted molar refractivity (Wildman–Crippen MR) is 53.6 cm³/mol. The van der Waals surface area contributed by atoms with Crippen LogP contribution >= 0.6 is 0 Å². The van der Waals surface area contributed by atoms with Crippen LogP contribution in [0.3, 0.4) is 0 Å². The second kappa shape index (κ2) is 32.1. The molecule has 1 radical (unpaired) electrons. The van der Waals surface area contributed by atoms with Crippen molar-refractivity contribution in [2.45, 2.75) is 6.42 Å². The quantitative estimate of drug-likeness (QED) is 0.595. The molecular weight excluding hydrogens is 312 g/mol. The van der Waals surface area contributed by atoms with Crippen LogP contribution < -0.4 is 0 Å². The van der Waals surface area contributed by atoms with Gasteiger partial charge in [-0.25, -0.2) is 12.2 Å². The molecule has 0 spiro atoms. The van der Waals surface area contributed by atoms with Gasteiger partial charge in [-0.15, -0.1) is 6.42 Å². The molecule has 0 aliphatic heterocycles. The summed E-state index contributed by atoms with van der Waals surface area (Å²) in [5, 5.41) is 0. The molecule has 0 aromatic rings. The van der Waals surface area contributed by atoms with Gasteiger partial charge >= 0.3 is 0 Å². The number of rotatable bonds is 0. The summed E-state index contributed by atoms with van der Waals surface area (Å²) < 4.78 is 0. The van der Waals surface area contributed by atoms with Gasteiger partial charge in [0.25, 0.3) is 0 Å². The van der Waals surface area contributed by atoms with Crippen LogP contribution in [0.1, 0.15) is 6.42 Å². The molecule has 0 fully saturated rings. The Morgan fingerprint density at radius 2 is 1.36 bits per heavy atom. The Labute approximate surface area is 88.1 Å². The molecule has 0 amide bonds. The normalized spacial score (nSPS) is 8.00. The van der Waals surface area contributed by atoms with E-state index < -0.39 is 0 Å². The minimum Gasteiger partial charge on any atom is -0.358 e. The van der Waals surface area contributed by atoms with E-state index in [4.69, 9.17) is 0 Å². The monoisotopic (exact) mass is 333 g/mol. The van der Waals surface area contributed by atoms with E-state index in [9.17, 15) is 0 Å². The molecule has 1 aliphatic carbocycles. The molecule has 0 saturated heterocycles. The Morgan fingerprint density at radius 3 is 1.45 bits per heavy atom. The van der Waals surface area contributed by atoms with Crippen LogP contribution in [0.2, 0.25) is 0 Å². The van der Waals surface area contributed by atoms with E-state index in [0.717, 1.165) is 6.42 Å². The summed E-state index contributed by atoms with van der Waals surface area (Å²) in [6.45, 7) is 0. The maximum atomic E-state index is 2.99. The summed E-state index contributed by atoms with van der Waals surface area (Å²) in [5.74, 6) is 0. The van der Waals surface area contributed by atoms with E-state index in [1.165, 1.54) is 0 Å². The third kappa shape index (κ3) is 25.4. The average molecular weight is 332 g/mol. The van der Waals surface area contributed by atoms with Crippen molar-refractivity contribution >= 4 is 0 Å². The van der Waals surface area contributed by atoms with Crippen LogP contribution in [0, 0.1) is 43.2 Å². The van der Waals surface area contributed by atoms with Gasteiger partial charge in [0, 0.05) is 20.1 Å². The summed E-state index contributed by atoms with van der Waals surface area (Å²) in [6, 6.07) is 0. The fourth-order valence-electron chi connectivity index (χ4n) is 0.340. The molecule has 1 aliphatic rings. The summed E-state index contributed by atoms with van der Waals surface area (Å²) in [6.07, 6.45) is 10.0. The minimum atomic E-state index is 0. The second-order valence-corrected chi connectivity index (χ2v) is 1.00. The van der Waals surface area contributed by atoms with Crippen molar-refractivity contribution in [1.29, 1.82) is 0 Å². The topological polar surface area (TPSA) is 0 Å². The Hall–Kier alpha value is 0.129. The standard InChI is InChI=1S/C5H5.5CH3.Ir/c1-2-4-5-3-1;;;;;;/h1-3H,4H2;5*1H3;/q6*-1;. The Morgan fingerprint density at radius 1 is 0.909 bits per heavy atom. The zero-order chi connectivity index (χ0) is 3.54. The molecule has 0 unspecified atom stereocenters. The van der Waals surface area contributed by atoms with E-state index in [0.29, 0.717) is 0 Å². The van der Waals surface area contributed by atoms with E-state index in [1.807, 2.05) is 12.2 Å². The molecule has 0 aromatic carbocycles. The first-order valence-electron chi connectivity index (χ1n) is 1.72. The van der Waals surface area contributed by atoms with Gasteiger partial charge in [0.05, 0.1) is 0 Å². The van der Waals surface area contributed by atoms with Gasteiger partial charge in [-0.05, 0) is 0 Å². The minimum absolute atomic E-state index is 0. The van der Waals surface area contributed by atoms with Crippen LogP contribution in [0.15, 0.2) is 18.2 Å². The maximum absolute atomic E-state index is 2.99. The van der Waals surface area contributed by atoms with Gasteiger partial charge in [0.15, 0.2) is 0 Å². The average Bonchev–Trinajstić information content (AvgIpc) is 1.76. The van der Waals surface area contributed by atoms with E-state index >= 15 is 0 Å². The first-order valence-corrected chi connectivity index (χ1v) is 1.72. The van der Waals surface area contributed by atoms with Crippen molar-refractivity contribution in [2.24, 2.45) is 0 Å². The Bertz CT molecular complexity index is 62.9. The molecule has 0 N–H and O–H groups in total. The van der Waals surface area contributed by atoms with Crippen LogP contribution in [-0.2, 0) is 20.1 Å². The van der Waals surface area contributed by atoms with Crippen molar-refractivity contribution in [1.82, 2.24) is 0 Å². The zero-order valence-electron chi connectivity index (χ0n) is 8.27. The molecule has 75 valence electrons. The largest absolute Gasteiger partial charge is 0.358 e. The van der Waals surface area contributed by atoms with Crippen LogP contribution in [0.25, 0.3) is 0 Å². The van der Waals surface area contributed by atoms with E-state index in [1.54, 1.807) is 0 Å². The van der Waals surface area contributed by atoms with Crippen molar-refractivity contribution < 1.29 is 20.1 Å². The van der Waals surface area contributed by atoms with Crippen molar-refractivity contribution in [3.8, 4) is 0 Å². The van der Waals surface area contributed by atoms with Crippen molar-refractivity contribution in [3.63, 3.8) is 0 Å². The maximum Gasteiger partial charge on any atom is 0 e. The van der Waals surface area contributed by atoms with E-state index in [2.05, 4.69) is 12.2 Å². The van der Waals surface area contributed by atoms with Gasteiger partial charge < -0.3 is 37.1 Å². The molecule has 0 aromatic heterocycles. The van der Waals surface area contributed by atoms with Gasteiger partial charge in [0.1, 0.15) is 0 Å². The summed E-state index contributed by atoms with van der Waals surface area (Å²) in [5.41, 5.74) is 0. The van der Waals surface area contributed by atoms with Crippen LogP contribution in [-0.4, -0.2) is 0 Å². The molecular formula is C10H20Ir-6. The Kier molecular flexibility index (Phi) is 127. The first kappa shape index (κ1) is 43.4. The van der Waals surface area contributed by atoms with Crippen molar-refractivity contribution in [2.75, 3.05) is 0 Å². The molecule has 11 heavy (non-hydrogen) atoms. The molecule has 0 heterocycles. The van der Waals surface area contributed by atoms with Crippen LogP contribution in [0.5, 0.6) is 0 Å². The molecule has 0 saturated carbocycles. The van der Waals surface area contributed by atoms with Gasteiger partial charge in [-0.3, -0.25) is 6.08 Å². The van der Waals surface area contributed by atoms with E-state index in [-0.39, 0.29) is 57.2 Å². The SMILES string of the molecule is [C-]1=CC=CC1.[CH3-].[CH3-].[CH3-].[CH3-].[CH3-].[Ir]. The number of hydrogen-bond acceptors (Lipinski definition) is 0. The third-order valence-corrected chi connectivity index (χ3v) is 0.586. The summed E-state index contributed by atoms with van der Waals surface area (Å²) in [4.78, 5) is 0. The molecule has 1 rings (SSSR count).